The summed E-state index contributed by atoms with van der Waals surface area (Å²) in [5.74, 6) is 1.63. The molecular weight excluding hydrogens is 990 g/mol. The van der Waals surface area contributed by atoms with Gasteiger partial charge in [-0.15, -0.1) is 13.2 Å². The monoisotopic (exact) mass is 1040 g/mol. The average Bonchev–Trinajstić information content (AvgIpc) is 4.25. The summed E-state index contributed by atoms with van der Waals surface area (Å²) in [6.45, 7) is 8.10. The van der Waals surface area contributed by atoms with Gasteiger partial charge in [-0.1, -0.05) is 42.4 Å². The lowest BCUT2D eigenvalue weighted by Crippen LogP contribution is -2.21. The van der Waals surface area contributed by atoms with Gasteiger partial charge in [0.15, 0.2) is 17.1 Å². The second kappa shape index (κ2) is 21.9. The smallest absolute Gasteiger partial charge is 0.405 e. The second-order valence-electron chi connectivity index (χ2n) is 17.9. The van der Waals surface area contributed by atoms with E-state index in [1.165, 1.54) is 42.7 Å². The molecule has 24 heteroatoms. The van der Waals surface area contributed by atoms with E-state index in [-0.39, 0.29) is 46.2 Å². The minimum atomic E-state index is -4.80. The van der Waals surface area contributed by atoms with E-state index < -0.39 is 17.7 Å². The van der Waals surface area contributed by atoms with Crippen molar-refractivity contribution < 1.29 is 36.5 Å². The van der Waals surface area contributed by atoms with E-state index in [0.29, 0.717) is 73.2 Å². The fourth-order valence-electron chi connectivity index (χ4n) is 9.14. The Kier molecular flexibility index (Phi) is 14.8. The molecule has 2 aromatic carbocycles. The summed E-state index contributed by atoms with van der Waals surface area (Å²) in [6, 6.07) is 12.4. The van der Waals surface area contributed by atoms with Gasteiger partial charge < -0.3 is 28.9 Å². The van der Waals surface area contributed by atoms with E-state index in [0.717, 1.165) is 79.4 Å². The molecule has 384 valence electrons. The van der Waals surface area contributed by atoms with Gasteiger partial charge in [-0.25, -0.2) is 43.4 Å². The van der Waals surface area contributed by atoms with Crippen molar-refractivity contribution in [3.63, 3.8) is 0 Å². The molecule has 3 fully saturated rings. The first-order chi connectivity index (χ1) is 35.8. The Morgan fingerprint density at radius 3 is 1.93 bits per heavy atom. The minimum Gasteiger partial charge on any atom is -0.405 e. The number of alkyl halides is 3. The lowest BCUT2D eigenvalue weighted by Gasteiger charge is -2.24. The molecule has 2 N–H and O–H groups in total. The highest BCUT2D eigenvalue weighted by molar-refractivity contribution is 6.30. The highest BCUT2D eigenvalue weighted by Gasteiger charge is 2.32. The quantitative estimate of drug-likeness (QED) is 0.125. The van der Waals surface area contributed by atoms with Crippen LogP contribution in [0, 0.1) is 5.82 Å². The van der Waals surface area contributed by atoms with Crippen LogP contribution in [0.3, 0.4) is 0 Å². The molecule has 4 aliphatic heterocycles. The minimum absolute atomic E-state index is 0.0227. The summed E-state index contributed by atoms with van der Waals surface area (Å²) in [5, 5.41) is 13.9. The first kappa shape index (κ1) is 50.1. The Balaban J connectivity index is 0.000000127. The van der Waals surface area contributed by atoms with E-state index in [4.69, 9.17) is 30.8 Å². The van der Waals surface area contributed by atoms with Crippen LogP contribution in [0.1, 0.15) is 84.4 Å². The summed E-state index contributed by atoms with van der Waals surface area (Å²) >= 11 is 5.80. The van der Waals surface area contributed by atoms with E-state index >= 15 is 0 Å². The van der Waals surface area contributed by atoms with Crippen molar-refractivity contribution in [2.45, 2.75) is 75.9 Å². The lowest BCUT2D eigenvalue weighted by atomic mass is 9.99. The standard InChI is InChI=1S/C17H15F3N4O3.C17H19N5O.C16H14ClFN4O2/c18-17(19,20)27-13-4-2-1-3-10(13)7-14-22-15-12(16(25)23-14)8-21-24(15)11-5-6-26-9-11;1-12-9-13(10-16-18-5-2-6-19-16)21-17-15(12)11-20-22(17)14-3-7-23-8-4-14;17-12-5-9(1-2-13(12)18)6-14-20-15-11(16(23)21-14)7-19-22(15)10-3-4-24-8-10/h1-4,8,11H,5-7,9H2,(H,22,23,25);2,5-6,11,14H,1,3-4,7-10H2;1-2,5,7,10H,3-4,6,8H2,(H,20,21,23). The maximum atomic E-state index is 13.3. The van der Waals surface area contributed by atoms with Gasteiger partial charge in [0, 0.05) is 81.3 Å². The van der Waals surface area contributed by atoms with Gasteiger partial charge in [-0.2, -0.15) is 15.3 Å². The van der Waals surface area contributed by atoms with Crippen molar-refractivity contribution in [2.24, 2.45) is 4.99 Å². The highest BCUT2D eigenvalue weighted by Crippen LogP contribution is 2.37. The number of rotatable bonds is 10. The van der Waals surface area contributed by atoms with Crippen LogP contribution >= 0.6 is 11.6 Å². The number of ether oxygens (including phenoxy) is 4. The molecule has 0 amide bonds. The molecule has 12 rings (SSSR count). The molecule has 4 aliphatic rings. The summed E-state index contributed by atoms with van der Waals surface area (Å²) in [6.07, 6.45) is 8.86. The number of H-pyrrole nitrogens is 2. The fourth-order valence-corrected chi connectivity index (χ4v) is 9.35. The Hall–Kier alpha value is -7.47. The number of hydrogen-bond acceptors (Lipinski definition) is 14. The number of aromatic nitrogens is 12. The lowest BCUT2D eigenvalue weighted by molar-refractivity contribution is -0.274. The normalized spacial score (nSPS) is 17.9. The Morgan fingerprint density at radius 1 is 0.730 bits per heavy atom. The third-order valence-corrected chi connectivity index (χ3v) is 13.1. The number of allylic oxidation sites excluding steroid dienone is 1. The molecule has 8 aromatic rings. The van der Waals surface area contributed by atoms with Crippen LogP contribution < -0.4 is 15.9 Å². The van der Waals surface area contributed by atoms with Crippen molar-refractivity contribution in [3.8, 4) is 5.75 Å². The first-order valence-electron chi connectivity index (χ1n) is 23.8. The molecule has 0 aliphatic carbocycles. The van der Waals surface area contributed by atoms with Crippen molar-refractivity contribution >= 4 is 50.8 Å². The molecule has 2 atom stereocenters. The molecule has 0 bridgehead atoms. The summed E-state index contributed by atoms with van der Waals surface area (Å²) < 4.78 is 76.7. The highest BCUT2D eigenvalue weighted by atomic mass is 35.5. The first-order valence-corrected chi connectivity index (χ1v) is 24.2. The Bertz CT molecular complexity index is 3450. The zero-order valence-electron chi connectivity index (χ0n) is 39.6. The van der Waals surface area contributed by atoms with Gasteiger partial charge in [0.2, 0.25) is 0 Å². The topological polar surface area (TPSA) is 220 Å². The van der Waals surface area contributed by atoms with Crippen LogP contribution in [0.25, 0.3) is 27.6 Å². The number of halogens is 5. The third kappa shape index (κ3) is 11.5. The molecule has 19 nitrogen and oxygen atoms in total. The Morgan fingerprint density at radius 2 is 1.32 bits per heavy atom. The van der Waals surface area contributed by atoms with Crippen LogP contribution in [0.15, 0.2) is 101 Å². The predicted molar refractivity (Wildman–Crippen MR) is 263 cm³/mol. The van der Waals surface area contributed by atoms with Crippen molar-refractivity contribution in [1.82, 2.24) is 59.2 Å². The van der Waals surface area contributed by atoms with Crippen molar-refractivity contribution in [2.75, 3.05) is 39.6 Å². The second-order valence-corrected chi connectivity index (χ2v) is 18.3. The van der Waals surface area contributed by atoms with E-state index in [2.05, 4.69) is 56.5 Å². The number of nitrogens with zero attached hydrogens (tertiary/aromatic N) is 11. The predicted octanol–water partition coefficient (Wildman–Crippen LogP) is 7.79. The number of aromatic amines is 2. The van der Waals surface area contributed by atoms with Gasteiger partial charge >= 0.3 is 6.36 Å². The molecule has 74 heavy (non-hydrogen) atoms. The largest absolute Gasteiger partial charge is 0.573 e. The maximum absolute atomic E-state index is 13.3. The molecule has 10 heterocycles. The third-order valence-electron chi connectivity index (χ3n) is 12.8. The summed E-state index contributed by atoms with van der Waals surface area (Å²) in [4.78, 5) is 52.4. The number of nitrogens with one attached hydrogen (secondary N) is 2. The molecular formula is C50H48ClF4N13O6. The molecule has 0 saturated carbocycles. The molecule has 0 spiro atoms. The summed E-state index contributed by atoms with van der Waals surface area (Å²) in [7, 11) is 0. The molecule has 3 saturated heterocycles. The molecule has 0 radical (unpaired) electrons. The van der Waals surface area contributed by atoms with Crippen LogP contribution in [0.5, 0.6) is 5.75 Å². The van der Waals surface area contributed by atoms with Crippen LogP contribution in [0.2, 0.25) is 5.02 Å². The van der Waals surface area contributed by atoms with E-state index in [1.54, 1.807) is 33.9 Å². The fraction of sp³-hybridized carbons (Fsp3) is 0.360. The number of hydrogen-bond donors (Lipinski definition) is 2. The van der Waals surface area contributed by atoms with Gasteiger partial charge in [-0.05, 0) is 61.1 Å². The van der Waals surface area contributed by atoms with Gasteiger partial charge in [0.25, 0.3) is 11.1 Å². The van der Waals surface area contributed by atoms with Crippen molar-refractivity contribution in [1.29, 1.82) is 0 Å². The van der Waals surface area contributed by atoms with Crippen molar-refractivity contribution in [3.05, 3.63) is 152 Å². The number of fused-ring (bicyclic) bond motifs is 3. The number of aliphatic imine (C=N–C) groups is 1. The maximum Gasteiger partial charge on any atom is 0.573 e. The number of para-hydroxylation sites is 1. The SMILES string of the molecule is C=C1CC(Cc2ncccn2)=Nc2c1cnn2C1CCOCC1.O=c1[nH]c(Cc2ccc(F)c(Cl)c2)nc2c1cnn2C1CCOC1.O=c1[nH]c(Cc2ccccc2OC(F)(F)F)nc2c1cnn2C1CCOC1. The molecule has 2 unspecified atom stereocenters. The van der Waals surface area contributed by atoms with Gasteiger partial charge in [0.1, 0.15) is 39.8 Å². The van der Waals surface area contributed by atoms with Gasteiger partial charge in [0.05, 0.1) is 55.0 Å². The summed E-state index contributed by atoms with van der Waals surface area (Å²) in [5.41, 5.74) is 4.49. The van der Waals surface area contributed by atoms with Crippen LogP contribution in [-0.4, -0.2) is 111 Å². The van der Waals surface area contributed by atoms with Crippen LogP contribution in [-0.2, 0) is 33.5 Å². The zero-order chi connectivity index (χ0) is 51.3. The average molecular weight is 1040 g/mol. The van der Waals surface area contributed by atoms with Gasteiger partial charge in [-0.3, -0.25) is 9.59 Å². The molecule has 6 aromatic heterocycles. The van der Waals surface area contributed by atoms with Crippen LogP contribution in [0.4, 0.5) is 23.4 Å². The number of benzene rings is 2. The zero-order valence-corrected chi connectivity index (χ0v) is 40.4. The van der Waals surface area contributed by atoms with E-state index in [9.17, 15) is 27.2 Å². The van der Waals surface area contributed by atoms with E-state index in [1.807, 2.05) is 16.9 Å². The Labute approximate surface area is 423 Å².